The standard InChI is InChI=1S/C23H21N/c1-23(2)21-12-17-10-15-6-4-3-5-14(15)9-16(17)11-20(21)19-8-7-18(24)13-22(19)23/h3-6,9-13H,7-8,24H2,1-2H3. The largest absolute Gasteiger partial charge is 0.402 e. The molecule has 5 rings (SSSR count). The first-order valence-electron chi connectivity index (χ1n) is 8.71. The summed E-state index contributed by atoms with van der Waals surface area (Å²) in [5.74, 6) is 0. The third-order valence-electron chi connectivity index (χ3n) is 5.83. The number of rotatable bonds is 0. The van der Waals surface area contributed by atoms with Crippen LogP contribution in [0.3, 0.4) is 0 Å². The molecule has 0 bridgehead atoms. The van der Waals surface area contributed by atoms with Gasteiger partial charge in [-0.15, -0.1) is 0 Å². The van der Waals surface area contributed by atoms with Gasteiger partial charge in [-0.1, -0.05) is 38.1 Å². The Kier molecular flexibility index (Phi) is 2.60. The number of hydrogen-bond donors (Lipinski definition) is 1. The van der Waals surface area contributed by atoms with Crippen LogP contribution in [0.5, 0.6) is 0 Å². The average molecular weight is 311 g/mol. The van der Waals surface area contributed by atoms with Crippen LogP contribution in [0.25, 0.3) is 27.1 Å². The van der Waals surface area contributed by atoms with Gasteiger partial charge in [-0.3, -0.25) is 0 Å². The van der Waals surface area contributed by atoms with E-state index in [2.05, 4.69) is 68.5 Å². The molecule has 0 amide bonds. The van der Waals surface area contributed by atoms with Crippen LogP contribution in [0.2, 0.25) is 0 Å². The van der Waals surface area contributed by atoms with Crippen molar-refractivity contribution in [3.63, 3.8) is 0 Å². The molecule has 118 valence electrons. The number of fused-ring (bicyclic) bond motifs is 4. The molecule has 0 radical (unpaired) electrons. The zero-order valence-corrected chi connectivity index (χ0v) is 14.2. The summed E-state index contributed by atoms with van der Waals surface area (Å²) in [7, 11) is 0. The van der Waals surface area contributed by atoms with Crippen molar-refractivity contribution in [1.29, 1.82) is 0 Å². The lowest BCUT2D eigenvalue weighted by Crippen LogP contribution is -2.18. The smallest absolute Gasteiger partial charge is 0.0156 e. The highest BCUT2D eigenvalue weighted by molar-refractivity contribution is 6.01. The van der Waals surface area contributed by atoms with Crippen molar-refractivity contribution in [2.24, 2.45) is 5.73 Å². The SMILES string of the molecule is CC1(C)C2=C(CCC(N)=C2)c2cc3cc4ccccc4cc3cc21. The Labute approximate surface area is 142 Å². The van der Waals surface area contributed by atoms with E-state index < -0.39 is 0 Å². The number of nitrogens with two attached hydrogens (primary N) is 1. The van der Waals surface area contributed by atoms with Gasteiger partial charge in [-0.2, -0.15) is 0 Å². The van der Waals surface area contributed by atoms with E-state index in [1.54, 1.807) is 0 Å². The van der Waals surface area contributed by atoms with Gasteiger partial charge in [0.25, 0.3) is 0 Å². The van der Waals surface area contributed by atoms with Gasteiger partial charge >= 0.3 is 0 Å². The van der Waals surface area contributed by atoms with Crippen molar-refractivity contribution in [3.8, 4) is 0 Å². The molecule has 3 aromatic rings. The number of benzene rings is 3. The lowest BCUT2D eigenvalue weighted by Gasteiger charge is -2.25. The summed E-state index contributed by atoms with van der Waals surface area (Å²) in [4.78, 5) is 0. The molecule has 0 heterocycles. The second-order valence-corrected chi connectivity index (χ2v) is 7.68. The molecule has 2 aliphatic rings. The molecule has 0 aliphatic heterocycles. The van der Waals surface area contributed by atoms with Gasteiger partial charge in [-0.05, 0) is 87.0 Å². The normalized spacial score (nSPS) is 18.7. The summed E-state index contributed by atoms with van der Waals surface area (Å²) >= 11 is 0. The number of hydrogen-bond acceptors (Lipinski definition) is 1. The van der Waals surface area contributed by atoms with Crippen molar-refractivity contribution in [2.75, 3.05) is 0 Å². The molecule has 0 saturated carbocycles. The van der Waals surface area contributed by atoms with Gasteiger partial charge in [0, 0.05) is 11.1 Å². The van der Waals surface area contributed by atoms with Crippen molar-refractivity contribution in [3.05, 3.63) is 77.0 Å². The summed E-state index contributed by atoms with van der Waals surface area (Å²) in [5.41, 5.74) is 13.0. The Morgan fingerprint density at radius 3 is 2.21 bits per heavy atom. The second kappa shape index (κ2) is 4.51. The van der Waals surface area contributed by atoms with Gasteiger partial charge in [0.2, 0.25) is 0 Å². The molecule has 24 heavy (non-hydrogen) atoms. The van der Waals surface area contributed by atoms with E-state index in [4.69, 9.17) is 5.73 Å². The molecular formula is C23H21N. The first kappa shape index (κ1) is 13.9. The van der Waals surface area contributed by atoms with Crippen molar-refractivity contribution in [1.82, 2.24) is 0 Å². The lowest BCUT2D eigenvalue weighted by atomic mass is 9.79. The minimum absolute atomic E-state index is 0.0372. The first-order chi connectivity index (χ1) is 11.5. The zero-order valence-electron chi connectivity index (χ0n) is 14.2. The Bertz CT molecular complexity index is 1080. The highest BCUT2D eigenvalue weighted by Gasteiger charge is 2.37. The molecule has 2 N–H and O–H groups in total. The fourth-order valence-electron chi connectivity index (χ4n) is 4.49. The molecule has 0 spiro atoms. The summed E-state index contributed by atoms with van der Waals surface area (Å²) in [6.07, 6.45) is 4.26. The van der Waals surface area contributed by atoms with Crippen LogP contribution in [-0.2, 0) is 5.41 Å². The summed E-state index contributed by atoms with van der Waals surface area (Å²) in [6.45, 7) is 4.66. The van der Waals surface area contributed by atoms with Crippen LogP contribution < -0.4 is 5.73 Å². The molecule has 0 aromatic heterocycles. The molecule has 1 nitrogen and oxygen atoms in total. The van der Waals surface area contributed by atoms with Crippen LogP contribution in [0.4, 0.5) is 0 Å². The Morgan fingerprint density at radius 2 is 1.50 bits per heavy atom. The van der Waals surface area contributed by atoms with Gasteiger partial charge < -0.3 is 5.73 Å². The first-order valence-corrected chi connectivity index (χ1v) is 8.71. The Hall–Kier alpha value is -2.54. The highest BCUT2D eigenvalue weighted by atomic mass is 14.6. The Morgan fingerprint density at radius 1 is 0.833 bits per heavy atom. The van der Waals surface area contributed by atoms with E-state index in [0.717, 1.165) is 18.5 Å². The maximum Gasteiger partial charge on any atom is 0.0156 e. The van der Waals surface area contributed by atoms with Crippen molar-refractivity contribution < 1.29 is 0 Å². The zero-order chi connectivity index (χ0) is 16.5. The Balaban J connectivity index is 1.83. The molecule has 0 saturated heterocycles. The summed E-state index contributed by atoms with van der Waals surface area (Å²) in [5, 5.41) is 5.28. The van der Waals surface area contributed by atoms with E-state index in [-0.39, 0.29) is 5.41 Å². The van der Waals surface area contributed by atoms with E-state index in [1.807, 2.05) is 0 Å². The van der Waals surface area contributed by atoms with Gasteiger partial charge in [0.1, 0.15) is 0 Å². The van der Waals surface area contributed by atoms with Crippen LogP contribution in [0.15, 0.2) is 65.9 Å². The van der Waals surface area contributed by atoms with E-state index in [9.17, 15) is 0 Å². The predicted molar refractivity (Wildman–Crippen MR) is 103 cm³/mol. The van der Waals surface area contributed by atoms with Crippen LogP contribution in [0, 0.1) is 0 Å². The summed E-state index contributed by atoms with van der Waals surface area (Å²) < 4.78 is 0. The van der Waals surface area contributed by atoms with Crippen LogP contribution in [-0.4, -0.2) is 0 Å². The quantitative estimate of drug-likeness (QED) is 0.531. The lowest BCUT2D eigenvalue weighted by molar-refractivity contribution is 0.650. The molecular weight excluding hydrogens is 290 g/mol. The van der Waals surface area contributed by atoms with Crippen molar-refractivity contribution >= 4 is 27.1 Å². The molecule has 0 fully saturated rings. The van der Waals surface area contributed by atoms with E-state index in [0.29, 0.717) is 0 Å². The molecule has 0 unspecified atom stereocenters. The minimum atomic E-state index is 0.0372. The van der Waals surface area contributed by atoms with E-state index in [1.165, 1.54) is 43.8 Å². The van der Waals surface area contributed by atoms with Crippen molar-refractivity contribution in [2.45, 2.75) is 32.1 Å². The monoisotopic (exact) mass is 311 g/mol. The van der Waals surface area contributed by atoms with Gasteiger partial charge in [0.15, 0.2) is 0 Å². The second-order valence-electron chi connectivity index (χ2n) is 7.68. The van der Waals surface area contributed by atoms with Gasteiger partial charge in [0.05, 0.1) is 0 Å². The van der Waals surface area contributed by atoms with Crippen LogP contribution in [0.1, 0.15) is 37.8 Å². The molecule has 2 aliphatic carbocycles. The highest BCUT2D eigenvalue weighted by Crippen LogP contribution is 2.51. The van der Waals surface area contributed by atoms with Gasteiger partial charge in [-0.25, -0.2) is 0 Å². The fourth-order valence-corrected chi connectivity index (χ4v) is 4.49. The molecule has 0 atom stereocenters. The summed E-state index contributed by atoms with van der Waals surface area (Å²) in [6, 6.07) is 18.1. The average Bonchev–Trinajstić information content (AvgIpc) is 2.78. The third-order valence-corrected chi connectivity index (χ3v) is 5.83. The predicted octanol–water partition coefficient (Wildman–Crippen LogP) is 5.67. The fraction of sp³-hybridized carbons (Fsp3) is 0.217. The number of allylic oxidation sites excluding steroid dienone is 4. The van der Waals surface area contributed by atoms with E-state index >= 15 is 0 Å². The topological polar surface area (TPSA) is 26.0 Å². The molecule has 1 heteroatoms. The minimum Gasteiger partial charge on any atom is -0.402 e. The third kappa shape index (κ3) is 1.76. The molecule has 3 aromatic carbocycles. The van der Waals surface area contributed by atoms with Crippen LogP contribution >= 0.6 is 0 Å². The maximum atomic E-state index is 6.14. The maximum absolute atomic E-state index is 6.14.